The van der Waals surface area contributed by atoms with Crippen LogP contribution in [-0.2, 0) is 4.79 Å². The average molecular weight is 281 g/mol. The van der Waals surface area contributed by atoms with Gasteiger partial charge in [0, 0.05) is 0 Å². The SMILES string of the molecule is CC(C)C(CO)NC(=O)[C@@H](O)[C@H](O)[C@@H](O)[C@@H](O)CO. The van der Waals surface area contributed by atoms with Crippen LogP contribution < -0.4 is 5.32 Å². The summed E-state index contributed by atoms with van der Waals surface area (Å²) in [5.74, 6) is -1.07. The summed E-state index contributed by atoms with van der Waals surface area (Å²) >= 11 is 0. The summed E-state index contributed by atoms with van der Waals surface area (Å²) in [7, 11) is 0. The molecule has 7 N–H and O–H groups in total. The molecule has 8 nitrogen and oxygen atoms in total. The fourth-order valence-electron chi connectivity index (χ4n) is 1.37. The Kier molecular flexibility index (Phi) is 8.07. The van der Waals surface area contributed by atoms with Crippen LogP contribution in [0.2, 0.25) is 0 Å². The van der Waals surface area contributed by atoms with E-state index in [1.807, 2.05) is 0 Å². The van der Waals surface area contributed by atoms with Gasteiger partial charge >= 0.3 is 0 Å². The van der Waals surface area contributed by atoms with Crippen LogP contribution in [0.4, 0.5) is 0 Å². The first-order valence-electron chi connectivity index (χ1n) is 6.00. The number of carbonyl (C=O) groups is 1. The Morgan fingerprint density at radius 3 is 1.89 bits per heavy atom. The fraction of sp³-hybridized carbons (Fsp3) is 0.909. The van der Waals surface area contributed by atoms with Crippen LogP contribution in [-0.4, -0.2) is 80.2 Å². The van der Waals surface area contributed by atoms with Crippen LogP contribution in [0.3, 0.4) is 0 Å². The molecule has 5 atom stereocenters. The van der Waals surface area contributed by atoms with Gasteiger partial charge in [0.15, 0.2) is 6.10 Å². The molecule has 0 aromatic heterocycles. The lowest BCUT2D eigenvalue weighted by atomic mass is 10.0. The number of hydrogen-bond acceptors (Lipinski definition) is 7. The van der Waals surface area contributed by atoms with E-state index in [0.717, 1.165) is 0 Å². The van der Waals surface area contributed by atoms with Gasteiger partial charge in [-0.1, -0.05) is 13.8 Å². The average Bonchev–Trinajstić information content (AvgIpc) is 2.40. The third-order valence-corrected chi connectivity index (χ3v) is 2.85. The van der Waals surface area contributed by atoms with Crippen LogP contribution in [0.15, 0.2) is 0 Å². The van der Waals surface area contributed by atoms with Crippen LogP contribution in [0, 0.1) is 5.92 Å². The predicted molar refractivity (Wildman–Crippen MR) is 65.0 cm³/mol. The van der Waals surface area contributed by atoms with Gasteiger partial charge in [-0.3, -0.25) is 4.79 Å². The van der Waals surface area contributed by atoms with E-state index >= 15 is 0 Å². The van der Waals surface area contributed by atoms with Gasteiger partial charge in [-0.2, -0.15) is 0 Å². The van der Waals surface area contributed by atoms with Crippen molar-refractivity contribution in [3.05, 3.63) is 0 Å². The molecule has 19 heavy (non-hydrogen) atoms. The molecule has 0 rings (SSSR count). The Morgan fingerprint density at radius 1 is 1.00 bits per heavy atom. The van der Waals surface area contributed by atoms with Gasteiger partial charge in [-0.25, -0.2) is 0 Å². The highest BCUT2D eigenvalue weighted by atomic mass is 16.4. The van der Waals surface area contributed by atoms with Crippen LogP contribution in [0.25, 0.3) is 0 Å². The zero-order valence-electron chi connectivity index (χ0n) is 11.0. The summed E-state index contributed by atoms with van der Waals surface area (Å²) in [6, 6.07) is -0.603. The number of aliphatic hydroxyl groups excluding tert-OH is 6. The second kappa shape index (κ2) is 8.41. The molecule has 0 aromatic carbocycles. The minimum absolute atomic E-state index is 0.0914. The molecule has 8 heteroatoms. The molecule has 0 saturated carbocycles. The van der Waals surface area contributed by atoms with Gasteiger partial charge in [0.25, 0.3) is 5.91 Å². The smallest absolute Gasteiger partial charge is 0.251 e. The molecule has 0 heterocycles. The van der Waals surface area contributed by atoms with Gasteiger partial charge in [-0.15, -0.1) is 0 Å². The second-order valence-corrected chi connectivity index (χ2v) is 4.72. The Labute approximate surface area is 111 Å². The first kappa shape index (κ1) is 18.2. The maximum absolute atomic E-state index is 11.6. The second-order valence-electron chi connectivity index (χ2n) is 4.72. The Balaban J connectivity index is 4.55. The van der Waals surface area contributed by atoms with Crippen molar-refractivity contribution in [2.45, 2.75) is 44.3 Å². The van der Waals surface area contributed by atoms with E-state index in [-0.39, 0.29) is 12.5 Å². The fourth-order valence-corrected chi connectivity index (χ4v) is 1.37. The normalized spacial score (nSPS) is 19.6. The van der Waals surface area contributed by atoms with Crippen molar-refractivity contribution in [1.29, 1.82) is 0 Å². The molecule has 0 fully saturated rings. The molecule has 0 aliphatic rings. The van der Waals surface area contributed by atoms with Crippen molar-refractivity contribution in [3.8, 4) is 0 Å². The highest BCUT2D eigenvalue weighted by Gasteiger charge is 2.34. The lowest BCUT2D eigenvalue weighted by Gasteiger charge is -2.27. The van der Waals surface area contributed by atoms with Gasteiger partial charge in [-0.05, 0) is 5.92 Å². The van der Waals surface area contributed by atoms with Crippen molar-refractivity contribution in [2.75, 3.05) is 13.2 Å². The molecule has 114 valence electrons. The number of amides is 1. The highest BCUT2D eigenvalue weighted by Crippen LogP contribution is 2.07. The van der Waals surface area contributed by atoms with Crippen molar-refractivity contribution >= 4 is 5.91 Å². The van der Waals surface area contributed by atoms with Gasteiger partial charge in [0.1, 0.15) is 18.3 Å². The van der Waals surface area contributed by atoms with E-state index in [1.54, 1.807) is 13.8 Å². The lowest BCUT2D eigenvalue weighted by molar-refractivity contribution is -0.150. The molecular formula is C11H23NO7. The first-order chi connectivity index (χ1) is 8.76. The van der Waals surface area contributed by atoms with E-state index in [2.05, 4.69) is 5.32 Å². The number of aliphatic hydroxyl groups is 6. The Morgan fingerprint density at radius 2 is 1.53 bits per heavy atom. The summed E-state index contributed by atoms with van der Waals surface area (Å²) in [4.78, 5) is 11.6. The van der Waals surface area contributed by atoms with E-state index in [1.165, 1.54) is 0 Å². The van der Waals surface area contributed by atoms with E-state index < -0.39 is 43.0 Å². The molecule has 1 unspecified atom stereocenters. The first-order valence-corrected chi connectivity index (χ1v) is 6.00. The Bertz CT molecular complexity index is 274. The zero-order chi connectivity index (χ0) is 15.2. The Hall–Kier alpha value is -0.770. The maximum Gasteiger partial charge on any atom is 0.251 e. The zero-order valence-corrected chi connectivity index (χ0v) is 11.0. The third kappa shape index (κ3) is 5.39. The lowest BCUT2D eigenvalue weighted by Crippen LogP contribution is -2.54. The molecule has 0 bridgehead atoms. The van der Waals surface area contributed by atoms with Crippen LogP contribution >= 0.6 is 0 Å². The quantitative estimate of drug-likeness (QED) is 0.244. The summed E-state index contributed by atoms with van der Waals surface area (Å²) in [6.07, 6.45) is -7.47. The molecule has 0 aromatic rings. The molecule has 0 aliphatic carbocycles. The minimum Gasteiger partial charge on any atom is -0.394 e. The standard InChI is InChI=1S/C11H23NO7/c1-5(2)6(3-13)12-11(19)10(18)9(17)8(16)7(15)4-14/h5-10,13-18H,3-4H2,1-2H3,(H,12,19)/t6?,7-,8-,9+,10-/m0/s1. The van der Waals surface area contributed by atoms with Crippen molar-refractivity contribution < 1.29 is 35.4 Å². The largest absolute Gasteiger partial charge is 0.394 e. The molecule has 0 radical (unpaired) electrons. The van der Waals surface area contributed by atoms with Gasteiger partial charge in [0.05, 0.1) is 19.3 Å². The predicted octanol–water partition coefficient (Wildman–Crippen LogP) is -3.44. The van der Waals surface area contributed by atoms with E-state index in [9.17, 15) is 20.1 Å². The van der Waals surface area contributed by atoms with Crippen molar-refractivity contribution in [3.63, 3.8) is 0 Å². The van der Waals surface area contributed by atoms with Gasteiger partial charge in [0.2, 0.25) is 0 Å². The summed E-state index contributed by atoms with van der Waals surface area (Å²) in [5.41, 5.74) is 0. The van der Waals surface area contributed by atoms with Crippen LogP contribution in [0.5, 0.6) is 0 Å². The number of carbonyl (C=O) groups excluding carboxylic acids is 1. The topological polar surface area (TPSA) is 150 Å². The monoisotopic (exact) mass is 281 g/mol. The summed E-state index contributed by atoms with van der Waals surface area (Å²) in [5, 5.41) is 57.4. The van der Waals surface area contributed by atoms with Crippen molar-refractivity contribution in [1.82, 2.24) is 5.32 Å². The molecule has 0 saturated heterocycles. The molecule has 0 spiro atoms. The van der Waals surface area contributed by atoms with Crippen molar-refractivity contribution in [2.24, 2.45) is 5.92 Å². The molecular weight excluding hydrogens is 258 g/mol. The molecule has 0 aliphatic heterocycles. The number of hydrogen-bond donors (Lipinski definition) is 7. The maximum atomic E-state index is 11.6. The molecule has 1 amide bonds. The highest BCUT2D eigenvalue weighted by molar-refractivity contribution is 5.81. The van der Waals surface area contributed by atoms with E-state index in [0.29, 0.717) is 0 Å². The number of rotatable bonds is 8. The van der Waals surface area contributed by atoms with Crippen LogP contribution in [0.1, 0.15) is 13.8 Å². The minimum atomic E-state index is -1.98. The summed E-state index contributed by atoms with van der Waals surface area (Å²) in [6.45, 7) is 2.33. The summed E-state index contributed by atoms with van der Waals surface area (Å²) < 4.78 is 0. The number of nitrogens with one attached hydrogen (secondary N) is 1. The van der Waals surface area contributed by atoms with Gasteiger partial charge < -0.3 is 36.0 Å². The third-order valence-electron chi connectivity index (χ3n) is 2.85. The van der Waals surface area contributed by atoms with E-state index in [4.69, 9.17) is 15.3 Å².